The van der Waals surface area contributed by atoms with Crippen LogP contribution in [0.15, 0.2) is 0 Å². The summed E-state index contributed by atoms with van der Waals surface area (Å²) < 4.78 is 0. The SMILES string of the molecule is CCCC(C)N1CCN(C(C)(C)C(N)=S)CC1. The molecule has 0 bridgehead atoms. The molecule has 1 saturated heterocycles. The Balaban J connectivity index is 2.48. The van der Waals surface area contributed by atoms with E-state index in [4.69, 9.17) is 18.0 Å². The van der Waals surface area contributed by atoms with E-state index in [9.17, 15) is 0 Å². The molecule has 1 rings (SSSR count). The van der Waals surface area contributed by atoms with Gasteiger partial charge in [-0.15, -0.1) is 0 Å². The van der Waals surface area contributed by atoms with Gasteiger partial charge in [0.05, 0.1) is 10.5 Å². The second kappa shape index (κ2) is 6.12. The van der Waals surface area contributed by atoms with E-state index in [0.717, 1.165) is 26.2 Å². The summed E-state index contributed by atoms with van der Waals surface area (Å²) in [5.74, 6) is 0. The summed E-state index contributed by atoms with van der Waals surface area (Å²) in [5.41, 5.74) is 5.68. The predicted molar refractivity (Wildman–Crippen MR) is 78.4 cm³/mol. The topological polar surface area (TPSA) is 32.5 Å². The molecule has 100 valence electrons. The van der Waals surface area contributed by atoms with Crippen molar-refractivity contribution in [1.82, 2.24) is 9.80 Å². The summed E-state index contributed by atoms with van der Waals surface area (Å²) in [6.45, 7) is 13.2. The highest BCUT2D eigenvalue weighted by Gasteiger charge is 2.32. The van der Waals surface area contributed by atoms with Crippen molar-refractivity contribution in [3.63, 3.8) is 0 Å². The fourth-order valence-corrected chi connectivity index (χ4v) is 2.61. The molecule has 0 saturated carbocycles. The first kappa shape index (κ1) is 14.9. The molecule has 0 aliphatic carbocycles. The van der Waals surface area contributed by atoms with E-state index in [1.54, 1.807) is 0 Å². The average molecular weight is 257 g/mol. The first-order valence-electron chi connectivity index (χ1n) is 6.68. The molecule has 3 nitrogen and oxygen atoms in total. The maximum atomic E-state index is 5.82. The Morgan fingerprint density at radius 1 is 1.29 bits per heavy atom. The smallest absolute Gasteiger partial charge is 0.0928 e. The number of nitrogens with two attached hydrogens (primary N) is 1. The van der Waals surface area contributed by atoms with Crippen molar-refractivity contribution >= 4 is 17.2 Å². The monoisotopic (exact) mass is 257 g/mol. The van der Waals surface area contributed by atoms with Crippen LogP contribution >= 0.6 is 12.2 Å². The first-order valence-corrected chi connectivity index (χ1v) is 7.09. The van der Waals surface area contributed by atoms with Crippen molar-refractivity contribution in [1.29, 1.82) is 0 Å². The van der Waals surface area contributed by atoms with Crippen molar-refractivity contribution in [2.24, 2.45) is 5.73 Å². The molecule has 0 spiro atoms. The number of hydrogen-bond donors (Lipinski definition) is 1. The van der Waals surface area contributed by atoms with E-state index in [1.807, 2.05) is 0 Å². The number of piperazine rings is 1. The number of hydrogen-bond acceptors (Lipinski definition) is 3. The van der Waals surface area contributed by atoms with Crippen LogP contribution in [0.25, 0.3) is 0 Å². The molecule has 0 aromatic rings. The van der Waals surface area contributed by atoms with Gasteiger partial charge in [-0.05, 0) is 27.2 Å². The average Bonchev–Trinajstić information content (AvgIpc) is 2.29. The van der Waals surface area contributed by atoms with Gasteiger partial charge in [0.2, 0.25) is 0 Å². The lowest BCUT2D eigenvalue weighted by molar-refractivity contribution is 0.0629. The van der Waals surface area contributed by atoms with E-state index < -0.39 is 0 Å². The van der Waals surface area contributed by atoms with Gasteiger partial charge in [-0.1, -0.05) is 25.6 Å². The molecule has 1 heterocycles. The molecule has 0 radical (unpaired) electrons. The molecule has 2 N–H and O–H groups in total. The minimum Gasteiger partial charge on any atom is -0.392 e. The summed E-state index contributed by atoms with van der Waals surface area (Å²) in [4.78, 5) is 5.59. The van der Waals surface area contributed by atoms with Gasteiger partial charge >= 0.3 is 0 Å². The zero-order valence-corrected chi connectivity index (χ0v) is 12.5. The van der Waals surface area contributed by atoms with Crippen LogP contribution in [0.2, 0.25) is 0 Å². The van der Waals surface area contributed by atoms with Crippen LogP contribution in [0.5, 0.6) is 0 Å². The van der Waals surface area contributed by atoms with Crippen LogP contribution in [0.1, 0.15) is 40.5 Å². The summed E-state index contributed by atoms with van der Waals surface area (Å²) in [6, 6.07) is 0.704. The summed E-state index contributed by atoms with van der Waals surface area (Å²) in [6.07, 6.45) is 2.55. The van der Waals surface area contributed by atoms with Gasteiger partial charge in [-0.25, -0.2) is 0 Å². The van der Waals surface area contributed by atoms with Crippen molar-refractivity contribution in [3.05, 3.63) is 0 Å². The van der Waals surface area contributed by atoms with Crippen LogP contribution in [0.4, 0.5) is 0 Å². The maximum absolute atomic E-state index is 5.82. The largest absolute Gasteiger partial charge is 0.392 e. The quantitative estimate of drug-likeness (QED) is 0.762. The molecule has 1 aliphatic rings. The van der Waals surface area contributed by atoms with Gasteiger partial charge in [0.1, 0.15) is 0 Å². The Labute approximate surface area is 111 Å². The van der Waals surface area contributed by atoms with E-state index >= 15 is 0 Å². The Hall–Kier alpha value is -0.190. The molecular weight excluding hydrogens is 230 g/mol. The molecule has 1 atom stereocenters. The molecular formula is C13H27N3S. The normalized spacial score (nSPS) is 21.4. The van der Waals surface area contributed by atoms with Crippen molar-refractivity contribution in [2.75, 3.05) is 26.2 Å². The fourth-order valence-electron chi connectivity index (χ4n) is 2.48. The molecule has 0 amide bonds. The van der Waals surface area contributed by atoms with Gasteiger partial charge in [0.25, 0.3) is 0 Å². The minimum absolute atomic E-state index is 0.143. The first-order chi connectivity index (χ1) is 7.89. The third kappa shape index (κ3) is 3.63. The van der Waals surface area contributed by atoms with Crippen LogP contribution in [0, 0.1) is 0 Å². The highest BCUT2D eigenvalue weighted by Crippen LogP contribution is 2.19. The van der Waals surface area contributed by atoms with Crippen LogP contribution < -0.4 is 5.73 Å². The van der Waals surface area contributed by atoms with Crippen molar-refractivity contribution in [3.8, 4) is 0 Å². The highest BCUT2D eigenvalue weighted by atomic mass is 32.1. The van der Waals surface area contributed by atoms with Gasteiger partial charge in [-0.3, -0.25) is 9.80 Å². The zero-order valence-electron chi connectivity index (χ0n) is 11.7. The lowest BCUT2D eigenvalue weighted by atomic mass is 10.0. The van der Waals surface area contributed by atoms with Crippen LogP contribution in [-0.2, 0) is 0 Å². The van der Waals surface area contributed by atoms with Crippen molar-refractivity contribution < 1.29 is 0 Å². The molecule has 17 heavy (non-hydrogen) atoms. The van der Waals surface area contributed by atoms with Gasteiger partial charge < -0.3 is 5.73 Å². The third-order valence-corrected chi connectivity index (χ3v) is 4.54. The lowest BCUT2D eigenvalue weighted by Gasteiger charge is -2.45. The minimum atomic E-state index is -0.143. The van der Waals surface area contributed by atoms with Crippen molar-refractivity contribution in [2.45, 2.75) is 52.1 Å². The second-order valence-corrected chi connectivity index (χ2v) is 6.02. The zero-order chi connectivity index (χ0) is 13.1. The highest BCUT2D eigenvalue weighted by molar-refractivity contribution is 7.80. The Kier molecular flexibility index (Phi) is 5.35. The molecule has 0 aromatic heterocycles. The Bertz CT molecular complexity index is 257. The second-order valence-electron chi connectivity index (χ2n) is 5.58. The van der Waals surface area contributed by atoms with Gasteiger partial charge in [0, 0.05) is 32.2 Å². The third-order valence-electron chi connectivity index (χ3n) is 4.04. The summed E-state index contributed by atoms with van der Waals surface area (Å²) in [5, 5.41) is 0. The van der Waals surface area contributed by atoms with Crippen LogP contribution in [-0.4, -0.2) is 52.5 Å². The van der Waals surface area contributed by atoms with E-state index in [-0.39, 0.29) is 5.54 Å². The molecule has 1 fully saturated rings. The summed E-state index contributed by atoms with van der Waals surface area (Å²) >= 11 is 5.16. The standard InChI is InChI=1S/C13H27N3S/c1-5-6-11(2)15-7-9-16(10-8-15)13(3,4)12(14)17/h11H,5-10H2,1-4H3,(H2,14,17). The van der Waals surface area contributed by atoms with Gasteiger partial charge in [-0.2, -0.15) is 0 Å². The predicted octanol–water partition coefficient (Wildman–Crippen LogP) is 1.86. The number of thiocarbonyl (C=S) groups is 1. The summed E-state index contributed by atoms with van der Waals surface area (Å²) in [7, 11) is 0. The maximum Gasteiger partial charge on any atom is 0.0928 e. The molecule has 4 heteroatoms. The number of rotatable bonds is 5. The van der Waals surface area contributed by atoms with E-state index in [0.29, 0.717) is 11.0 Å². The molecule has 0 aromatic carbocycles. The fraction of sp³-hybridized carbons (Fsp3) is 0.923. The molecule has 1 unspecified atom stereocenters. The Morgan fingerprint density at radius 2 is 1.82 bits per heavy atom. The lowest BCUT2D eigenvalue weighted by Crippen LogP contribution is -2.60. The van der Waals surface area contributed by atoms with E-state index in [2.05, 4.69) is 37.5 Å². The Morgan fingerprint density at radius 3 is 2.24 bits per heavy atom. The number of nitrogens with zero attached hydrogens (tertiary/aromatic N) is 2. The van der Waals surface area contributed by atoms with Crippen LogP contribution in [0.3, 0.4) is 0 Å². The molecule has 1 aliphatic heterocycles. The van der Waals surface area contributed by atoms with E-state index in [1.165, 1.54) is 12.8 Å². The van der Waals surface area contributed by atoms with Gasteiger partial charge in [0.15, 0.2) is 0 Å².